The van der Waals surface area contributed by atoms with E-state index in [1.165, 1.54) is 16.5 Å². The molecule has 2 aromatic carbocycles. The average Bonchev–Trinajstić information content (AvgIpc) is 3.19. The first-order valence-electron chi connectivity index (χ1n) is 8.04. The Morgan fingerprint density at radius 3 is 2.83 bits per heavy atom. The van der Waals surface area contributed by atoms with Crippen molar-refractivity contribution in [2.24, 2.45) is 0 Å². The molecule has 23 heavy (non-hydrogen) atoms. The molecule has 0 unspecified atom stereocenters. The van der Waals surface area contributed by atoms with E-state index >= 15 is 0 Å². The molecule has 1 atom stereocenters. The van der Waals surface area contributed by atoms with Crippen LogP contribution < -0.4 is 5.32 Å². The van der Waals surface area contributed by atoms with Gasteiger partial charge in [-0.15, -0.1) is 0 Å². The summed E-state index contributed by atoms with van der Waals surface area (Å²) in [7, 11) is 0. The molecule has 116 valence electrons. The second kappa shape index (κ2) is 5.54. The van der Waals surface area contributed by atoms with Crippen molar-refractivity contribution in [3.8, 4) is 0 Å². The molecule has 4 heteroatoms. The van der Waals surface area contributed by atoms with Crippen LogP contribution in [0.25, 0.3) is 10.8 Å². The van der Waals surface area contributed by atoms with Gasteiger partial charge in [0.15, 0.2) is 0 Å². The number of nitrogens with zero attached hydrogens (tertiary/aromatic N) is 2. The lowest BCUT2D eigenvalue weighted by atomic mass is 9.99. The number of carbonyl (C=O) groups is 1. The van der Waals surface area contributed by atoms with Crippen LogP contribution in [0.2, 0.25) is 0 Å². The van der Waals surface area contributed by atoms with E-state index < -0.39 is 0 Å². The van der Waals surface area contributed by atoms with Crippen molar-refractivity contribution in [1.82, 2.24) is 15.1 Å². The molecule has 0 radical (unpaired) electrons. The predicted octanol–water partition coefficient (Wildman–Crippen LogP) is 2.95. The van der Waals surface area contributed by atoms with Gasteiger partial charge in [-0.3, -0.25) is 9.48 Å². The maximum Gasteiger partial charge on any atom is 0.252 e. The minimum atomic E-state index is -0.0137. The van der Waals surface area contributed by atoms with E-state index in [-0.39, 0.29) is 11.9 Å². The summed E-state index contributed by atoms with van der Waals surface area (Å²) in [5, 5.41) is 9.62. The molecule has 0 spiro atoms. The number of hydrogen-bond acceptors (Lipinski definition) is 2. The summed E-state index contributed by atoms with van der Waals surface area (Å²) in [6.45, 7) is 2.67. The maximum absolute atomic E-state index is 12.7. The Bertz CT molecular complexity index is 857. The average molecular weight is 305 g/mol. The molecule has 1 aromatic heterocycles. The fourth-order valence-electron chi connectivity index (χ4n) is 3.48. The summed E-state index contributed by atoms with van der Waals surface area (Å²) in [4.78, 5) is 12.7. The van der Waals surface area contributed by atoms with Crippen molar-refractivity contribution < 1.29 is 4.79 Å². The first-order chi connectivity index (χ1) is 11.2. The fourth-order valence-corrected chi connectivity index (χ4v) is 3.48. The lowest BCUT2D eigenvalue weighted by Crippen LogP contribution is -2.35. The summed E-state index contributed by atoms with van der Waals surface area (Å²) in [6, 6.07) is 12.2. The van der Waals surface area contributed by atoms with E-state index in [0.717, 1.165) is 23.8 Å². The number of nitrogens with one attached hydrogen (secondary N) is 1. The summed E-state index contributed by atoms with van der Waals surface area (Å²) < 4.78 is 1.83. The van der Waals surface area contributed by atoms with Crippen LogP contribution in [0.3, 0.4) is 0 Å². The van der Waals surface area contributed by atoms with Crippen molar-refractivity contribution in [3.05, 3.63) is 65.5 Å². The third kappa shape index (κ3) is 2.50. The van der Waals surface area contributed by atoms with Gasteiger partial charge in [-0.25, -0.2) is 0 Å². The number of carbonyl (C=O) groups excluding carboxylic acids is 1. The molecule has 0 aliphatic heterocycles. The van der Waals surface area contributed by atoms with E-state index in [9.17, 15) is 4.79 Å². The molecule has 1 aliphatic rings. The fraction of sp³-hybridized carbons (Fsp3) is 0.263. The highest BCUT2D eigenvalue weighted by Crippen LogP contribution is 2.32. The van der Waals surface area contributed by atoms with Gasteiger partial charge in [0.2, 0.25) is 0 Å². The van der Waals surface area contributed by atoms with Crippen LogP contribution in [0, 0.1) is 0 Å². The smallest absolute Gasteiger partial charge is 0.252 e. The minimum Gasteiger partial charge on any atom is -0.348 e. The van der Waals surface area contributed by atoms with Gasteiger partial charge in [-0.2, -0.15) is 5.10 Å². The second-order valence-corrected chi connectivity index (χ2v) is 6.21. The number of benzene rings is 2. The molecular formula is C19H19N3O. The van der Waals surface area contributed by atoms with Crippen LogP contribution in [0.4, 0.5) is 0 Å². The normalized spacial score (nSPS) is 14.1. The molecule has 4 rings (SSSR count). The third-order valence-corrected chi connectivity index (χ3v) is 4.52. The Hall–Kier alpha value is -2.62. The Kier molecular flexibility index (Phi) is 3.37. The van der Waals surface area contributed by atoms with Gasteiger partial charge in [0.05, 0.1) is 6.54 Å². The lowest BCUT2D eigenvalue weighted by molar-refractivity contribution is 0.0937. The predicted molar refractivity (Wildman–Crippen MR) is 90.5 cm³/mol. The number of hydrogen-bond donors (Lipinski definition) is 1. The topological polar surface area (TPSA) is 46.9 Å². The first kappa shape index (κ1) is 14.0. The van der Waals surface area contributed by atoms with Gasteiger partial charge in [0.1, 0.15) is 0 Å². The SMILES string of the molecule is C[C@H](Cn1cccn1)NC(=O)c1ccc2c3c(cccc13)CC2. The van der Waals surface area contributed by atoms with E-state index in [0.29, 0.717) is 6.54 Å². The zero-order valence-corrected chi connectivity index (χ0v) is 13.1. The molecule has 1 N–H and O–H groups in total. The first-order valence-corrected chi connectivity index (χ1v) is 8.04. The highest BCUT2D eigenvalue weighted by Gasteiger charge is 2.19. The van der Waals surface area contributed by atoms with E-state index in [1.807, 2.05) is 29.9 Å². The second-order valence-electron chi connectivity index (χ2n) is 6.21. The van der Waals surface area contributed by atoms with Gasteiger partial charge in [0, 0.05) is 24.0 Å². The highest BCUT2D eigenvalue weighted by atomic mass is 16.1. The molecule has 0 bridgehead atoms. The van der Waals surface area contributed by atoms with Crippen molar-refractivity contribution in [2.45, 2.75) is 32.4 Å². The molecule has 0 saturated carbocycles. The number of rotatable bonds is 4. The van der Waals surface area contributed by atoms with Crippen molar-refractivity contribution in [2.75, 3.05) is 0 Å². The van der Waals surface area contributed by atoms with Crippen LogP contribution in [-0.4, -0.2) is 21.7 Å². The number of aryl methyl sites for hydroxylation is 2. The summed E-state index contributed by atoms with van der Waals surface area (Å²) in [5.41, 5.74) is 3.48. The van der Waals surface area contributed by atoms with Crippen LogP contribution in [-0.2, 0) is 19.4 Å². The van der Waals surface area contributed by atoms with E-state index in [1.54, 1.807) is 6.20 Å². The Labute approximate surface area is 135 Å². The molecule has 0 saturated heterocycles. The zero-order chi connectivity index (χ0) is 15.8. The maximum atomic E-state index is 12.7. The standard InChI is InChI=1S/C19H19N3O/c1-13(12-22-11-3-10-20-22)21-19(23)17-9-8-15-7-6-14-4-2-5-16(17)18(14)15/h2-5,8-11,13H,6-7,12H2,1H3,(H,21,23)/t13-/m1/s1. The molecule has 4 nitrogen and oxygen atoms in total. The van der Waals surface area contributed by atoms with Crippen LogP contribution in [0.15, 0.2) is 48.8 Å². The Morgan fingerprint density at radius 1 is 1.22 bits per heavy atom. The Morgan fingerprint density at radius 2 is 2.04 bits per heavy atom. The summed E-state index contributed by atoms with van der Waals surface area (Å²) >= 11 is 0. The molecule has 1 aliphatic carbocycles. The molecule has 3 aromatic rings. The van der Waals surface area contributed by atoms with Crippen LogP contribution >= 0.6 is 0 Å². The van der Waals surface area contributed by atoms with Crippen molar-refractivity contribution in [3.63, 3.8) is 0 Å². The number of aromatic nitrogens is 2. The van der Waals surface area contributed by atoms with E-state index in [2.05, 4.69) is 34.7 Å². The van der Waals surface area contributed by atoms with Crippen LogP contribution in [0.5, 0.6) is 0 Å². The van der Waals surface area contributed by atoms with Gasteiger partial charge in [0.25, 0.3) is 5.91 Å². The molecule has 1 heterocycles. The van der Waals surface area contributed by atoms with E-state index in [4.69, 9.17) is 0 Å². The number of amides is 1. The zero-order valence-electron chi connectivity index (χ0n) is 13.1. The summed E-state index contributed by atoms with van der Waals surface area (Å²) in [6.07, 6.45) is 5.81. The largest absolute Gasteiger partial charge is 0.348 e. The minimum absolute atomic E-state index is 0.0137. The highest BCUT2D eigenvalue weighted by molar-refractivity contribution is 6.09. The molecule has 1 amide bonds. The van der Waals surface area contributed by atoms with Gasteiger partial charge < -0.3 is 5.32 Å². The van der Waals surface area contributed by atoms with Crippen molar-refractivity contribution in [1.29, 1.82) is 0 Å². The summed E-state index contributed by atoms with van der Waals surface area (Å²) in [5.74, 6) is -0.0137. The third-order valence-electron chi connectivity index (χ3n) is 4.52. The quantitative estimate of drug-likeness (QED) is 0.805. The van der Waals surface area contributed by atoms with Crippen LogP contribution in [0.1, 0.15) is 28.4 Å². The Balaban J connectivity index is 1.61. The van der Waals surface area contributed by atoms with Gasteiger partial charge in [-0.05, 0) is 53.8 Å². The molecule has 0 fully saturated rings. The van der Waals surface area contributed by atoms with Crippen molar-refractivity contribution >= 4 is 16.7 Å². The molecular weight excluding hydrogens is 286 g/mol. The monoisotopic (exact) mass is 305 g/mol. The van der Waals surface area contributed by atoms with Gasteiger partial charge in [-0.1, -0.05) is 24.3 Å². The van der Waals surface area contributed by atoms with Gasteiger partial charge >= 0.3 is 0 Å². The lowest BCUT2D eigenvalue weighted by Gasteiger charge is -2.15.